The number of nitrogens with zero attached hydrogens (tertiary/aromatic N) is 2. The number of rotatable bonds is 3. The van der Waals surface area contributed by atoms with E-state index in [1.165, 1.54) is 0 Å². The molecule has 2 aliphatic heterocycles. The zero-order valence-corrected chi connectivity index (χ0v) is 13.8. The average Bonchev–Trinajstić information content (AvgIpc) is 2.98. The van der Waals surface area contributed by atoms with E-state index in [1.54, 1.807) is 18.2 Å². The Morgan fingerprint density at radius 3 is 2.83 bits per heavy atom. The highest BCUT2D eigenvalue weighted by Gasteiger charge is 2.37. The number of likely N-dealkylation sites (N-methyl/N-ethyl adjacent to an activating group) is 1. The van der Waals surface area contributed by atoms with E-state index in [-0.39, 0.29) is 18.4 Å². The van der Waals surface area contributed by atoms with Crippen molar-refractivity contribution < 1.29 is 14.3 Å². The third kappa shape index (κ3) is 2.91. The van der Waals surface area contributed by atoms with Crippen molar-refractivity contribution in [2.24, 2.45) is 5.92 Å². The second-order valence-corrected chi connectivity index (χ2v) is 6.43. The van der Waals surface area contributed by atoms with Crippen LogP contribution < -0.4 is 10.1 Å². The predicted molar refractivity (Wildman–Crippen MR) is 87.7 cm³/mol. The fourth-order valence-corrected chi connectivity index (χ4v) is 3.46. The number of benzene rings is 1. The molecule has 2 aliphatic rings. The van der Waals surface area contributed by atoms with Crippen LogP contribution in [-0.4, -0.2) is 61.4 Å². The topological polar surface area (TPSA) is 61.9 Å². The van der Waals surface area contributed by atoms with Gasteiger partial charge in [-0.05, 0) is 32.1 Å². The minimum Gasteiger partial charge on any atom is -0.481 e. The molecule has 0 radical (unpaired) electrons. The van der Waals surface area contributed by atoms with Crippen LogP contribution in [0.25, 0.3) is 0 Å². The SMILES string of the molecule is CC[C@H]1CN(C(=O)c2cccc3c2OCC(=O)N3)C[C@@H]1N(C)C. The summed E-state index contributed by atoms with van der Waals surface area (Å²) in [5.74, 6) is 0.746. The predicted octanol–water partition coefficient (Wildman–Crippen LogP) is 1.43. The normalized spacial score (nSPS) is 23.5. The van der Waals surface area contributed by atoms with E-state index >= 15 is 0 Å². The molecule has 124 valence electrons. The van der Waals surface area contributed by atoms with Crippen LogP contribution in [0.2, 0.25) is 0 Å². The first-order valence-corrected chi connectivity index (χ1v) is 8.02. The molecular weight excluding hydrogens is 294 g/mol. The Labute approximate surface area is 136 Å². The Hall–Kier alpha value is -2.08. The van der Waals surface area contributed by atoms with Gasteiger partial charge in [0.25, 0.3) is 11.8 Å². The van der Waals surface area contributed by atoms with Crippen molar-refractivity contribution in [1.82, 2.24) is 9.80 Å². The molecule has 2 amide bonds. The van der Waals surface area contributed by atoms with E-state index in [9.17, 15) is 9.59 Å². The number of likely N-dealkylation sites (tertiary alicyclic amines) is 1. The number of para-hydroxylation sites is 1. The summed E-state index contributed by atoms with van der Waals surface area (Å²) in [6.07, 6.45) is 1.05. The highest BCUT2D eigenvalue weighted by Crippen LogP contribution is 2.34. The number of fused-ring (bicyclic) bond motifs is 1. The molecule has 23 heavy (non-hydrogen) atoms. The van der Waals surface area contributed by atoms with Gasteiger partial charge in [-0.2, -0.15) is 0 Å². The lowest BCUT2D eigenvalue weighted by Gasteiger charge is -2.24. The number of hydrogen-bond acceptors (Lipinski definition) is 4. The summed E-state index contributed by atoms with van der Waals surface area (Å²) in [7, 11) is 4.12. The Morgan fingerprint density at radius 1 is 1.39 bits per heavy atom. The molecule has 0 aliphatic carbocycles. The monoisotopic (exact) mass is 317 g/mol. The number of hydrogen-bond donors (Lipinski definition) is 1. The van der Waals surface area contributed by atoms with Crippen LogP contribution in [0.5, 0.6) is 5.75 Å². The lowest BCUT2D eigenvalue weighted by molar-refractivity contribution is -0.118. The number of amides is 2. The lowest BCUT2D eigenvalue weighted by Crippen LogP contribution is -2.36. The van der Waals surface area contributed by atoms with Crippen molar-refractivity contribution in [2.75, 3.05) is 39.1 Å². The number of carbonyl (C=O) groups excluding carboxylic acids is 2. The molecule has 6 heteroatoms. The largest absolute Gasteiger partial charge is 0.481 e. The summed E-state index contributed by atoms with van der Waals surface area (Å²) < 4.78 is 5.51. The standard InChI is InChI=1S/C17H23N3O3/c1-4-11-8-20(9-14(11)19(2)3)17(22)12-6-5-7-13-16(12)23-10-15(21)18-13/h5-7,11,14H,4,8-10H2,1-3H3,(H,18,21)/t11-,14-/m0/s1. The smallest absolute Gasteiger partial charge is 0.262 e. The molecule has 6 nitrogen and oxygen atoms in total. The Bertz CT molecular complexity index is 630. The van der Waals surface area contributed by atoms with Gasteiger partial charge in [0, 0.05) is 19.1 Å². The van der Waals surface area contributed by atoms with Crippen molar-refractivity contribution in [1.29, 1.82) is 0 Å². The molecule has 0 spiro atoms. The van der Waals surface area contributed by atoms with Crippen LogP contribution in [0.4, 0.5) is 5.69 Å². The summed E-state index contributed by atoms with van der Waals surface area (Å²) in [6, 6.07) is 5.68. The molecule has 0 aromatic heterocycles. The van der Waals surface area contributed by atoms with E-state index in [0.29, 0.717) is 29.0 Å². The lowest BCUT2D eigenvalue weighted by atomic mass is 10.0. The molecule has 2 atom stereocenters. The quantitative estimate of drug-likeness (QED) is 0.916. The van der Waals surface area contributed by atoms with E-state index in [2.05, 4.69) is 31.2 Å². The minimum absolute atomic E-state index is 0.0270. The van der Waals surface area contributed by atoms with Gasteiger partial charge in [-0.1, -0.05) is 19.4 Å². The van der Waals surface area contributed by atoms with Crippen LogP contribution in [0.3, 0.4) is 0 Å². The van der Waals surface area contributed by atoms with Gasteiger partial charge in [0.15, 0.2) is 12.4 Å². The molecule has 0 bridgehead atoms. The highest BCUT2D eigenvalue weighted by atomic mass is 16.5. The molecule has 3 rings (SSSR count). The van der Waals surface area contributed by atoms with Gasteiger partial charge in [-0.15, -0.1) is 0 Å². The summed E-state index contributed by atoms with van der Waals surface area (Å²) in [5.41, 5.74) is 1.10. The second kappa shape index (κ2) is 6.20. The maximum absolute atomic E-state index is 12.9. The number of nitrogens with one attached hydrogen (secondary N) is 1. The summed E-state index contributed by atoms with van der Waals surface area (Å²) >= 11 is 0. The third-order valence-corrected chi connectivity index (χ3v) is 4.75. The van der Waals surface area contributed by atoms with Crippen LogP contribution in [0.15, 0.2) is 18.2 Å². The third-order valence-electron chi connectivity index (χ3n) is 4.75. The zero-order valence-electron chi connectivity index (χ0n) is 13.8. The zero-order chi connectivity index (χ0) is 16.6. The maximum Gasteiger partial charge on any atom is 0.262 e. The van der Waals surface area contributed by atoms with Gasteiger partial charge in [-0.25, -0.2) is 0 Å². The Balaban J connectivity index is 1.85. The van der Waals surface area contributed by atoms with Gasteiger partial charge >= 0.3 is 0 Å². The molecule has 1 saturated heterocycles. The minimum atomic E-state index is -0.193. The average molecular weight is 317 g/mol. The van der Waals surface area contributed by atoms with Crippen molar-refractivity contribution in [3.63, 3.8) is 0 Å². The first kappa shape index (κ1) is 15.8. The van der Waals surface area contributed by atoms with Crippen molar-refractivity contribution in [3.05, 3.63) is 23.8 Å². The van der Waals surface area contributed by atoms with Gasteiger partial charge in [0.1, 0.15) is 0 Å². The molecular formula is C17H23N3O3. The molecule has 1 aromatic rings. The first-order valence-electron chi connectivity index (χ1n) is 8.02. The van der Waals surface area contributed by atoms with E-state index in [4.69, 9.17) is 4.74 Å². The van der Waals surface area contributed by atoms with Gasteiger partial charge in [-0.3, -0.25) is 9.59 Å². The van der Waals surface area contributed by atoms with Crippen LogP contribution in [0, 0.1) is 5.92 Å². The van der Waals surface area contributed by atoms with E-state index < -0.39 is 0 Å². The fourth-order valence-electron chi connectivity index (χ4n) is 3.46. The van der Waals surface area contributed by atoms with Crippen molar-refractivity contribution >= 4 is 17.5 Å². The van der Waals surface area contributed by atoms with E-state index in [1.807, 2.05) is 4.90 Å². The van der Waals surface area contributed by atoms with Crippen LogP contribution in [-0.2, 0) is 4.79 Å². The van der Waals surface area contributed by atoms with Gasteiger partial charge < -0.3 is 19.9 Å². The van der Waals surface area contributed by atoms with Gasteiger partial charge in [0.2, 0.25) is 0 Å². The molecule has 0 unspecified atom stereocenters. The van der Waals surface area contributed by atoms with Crippen molar-refractivity contribution in [3.8, 4) is 5.75 Å². The number of ether oxygens (including phenoxy) is 1. The number of anilines is 1. The summed E-state index contributed by atoms with van der Waals surface area (Å²) in [6.45, 7) is 3.60. The van der Waals surface area contributed by atoms with Crippen LogP contribution in [0.1, 0.15) is 23.7 Å². The molecule has 1 fully saturated rings. The van der Waals surface area contributed by atoms with Crippen molar-refractivity contribution in [2.45, 2.75) is 19.4 Å². The molecule has 0 saturated carbocycles. The molecule has 2 heterocycles. The Morgan fingerprint density at radius 2 is 2.17 bits per heavy atom. The highest BCUT2D eigenvalue weighted by molar-refractivity contribution is 6.03. The second-order valence-electron chi connectivity index (χ2n) is 6.43. The summed E-state index contributed by atoms with van der Waals surface area (Å²) in [5, 5.41) is 2.75. The molecule has 1 N–H and O–H groups in total. The Kier molecular flexibility index (Phi) is 4.26. The first-order chi connectivity index (χ1) is 11.0. The summed E-state index contributed by atoms with van der Waals surface area (Å²) in [4.78, 5) is 28.5. The number of carbonyl (C=O) groups is 2. The van der Waals surface area contributed by atoms with Gasteiger partial charge in [0.05, 0.1) is 11.3 Å². The fraction of sp³-hybridized carbons (Fsp3) is 0.529. The molecule has 1 aromatic carbocycles. The van der Waals surface area contributed by atoms with E-state index in [0.717, 1.165) is 19.5 Å². The maximum atomic E-state index is 12.9. The van der Waals surface area contributed by atoms with Crippen LogP contribution >= 0.6 is 0 Å².